The zero-order valence-electron chi connectivity index (χ0n) is 9.38. The van der Waals surface area contributed by atoms with Crippen LogP contribution in [0.2, 0.25) is 0 Å². The van der Waals surface area contributed by atoms with Crippen LogP contribution in [0, 0.1) is 0 Å². The zero-order valence-corrected chi connectivity index (χ0v) is 9.38. The minimum Gasteiger partial charge on any atom is -0.504 e. The monoisotopic (exact) mass is 226 g/mol. The SMILES string of the molecule is Oc1ccc(CC=Cc2ccccc2)cc1O. The van der Waals surface area contributed by atoms with E-state index in [0.717, 1.165) is 17.5 Å². The van der Waals surface area contributed by atoms with Crippen LogP contribution in [-0.4, -0.2) is 10.2 Å². The smallest absolute Gasteiger partial charge is 0.157 e. The van der Waals surface area contributed by atoms with Crippen molar-refractivity contribution in [1.29, 1.82) is 0 Å². The van der Waals surface area contributed by atoms with Crippen LogP contribution >= 0.6 is 0 Å². The van der Waals surface area contributed by atoms with Crippen molar-refractivity contribution in [3.8, 4) is 11.5 Å². The van der Waals surface area contributed by atoms with Crippen molar-refractivity contribution in [3.05, 3.63) is 65.7 Å². The van der Waals surface area contributed by atoms with Crippen molar-refractivity contribution in [2.24, 2.45) is 0 Å². The molecule has 0 fully saturated rings. The molecule has 2 nitrogen and oxygen atoms in total. The van der Waals surface area contributed by atoms with Crippen molar-refractivity contribution in [3.63, 3.8) is 0 Å². The third kappa shape index (κ3) is 3.11. The maximum atomic E-state index is 9.34. The van der Waals surface area contributed by atoms with Gasteiger partial charge in [0.15, 0.2) is 11.5 Å². The molecule has 0 radical (unpaired) electrons. The summed E-state index contributed by atoms with van der Waals surface area (Å²) < 4.78 is 0. The highest BCUT2D eigenvalue weighted by molar-refractivity contribution is 5.50. The summed E-state index contributed by atoms with van der Waals surface area (Å²) in [6, 6.07) is 14.9. The molecule has 0 saturated carbocycles. The zero-order chi connectivity index (χ0) is 12.1. The van der Waals surface area contributed by atoms with E-state index in [0.29, 0.717) is 0 Å². The fourth-order valence-electron chi connectivity index (χ4n) is 1.59. The summed E-state index contributed by atoms with van der Waals surface area (Å²) in [5.74, 6) is -0.156. The van der Waals surface area contributed by atoms with E-state index in [1.54, 1.807) is 12.1 Å². The van der Waals surface area contributed by atoms with Crippen molar-refractivity contribution in [1.82, 2.24) is 0 Å². The molecule has 17 heavy (non-hydrogen) atoms. The number of rotatable bonds is 3. The van der Waals surface area contributed by atoms with Gasteiger partial charge in [0.25, 0.3) is 0 Å². The Labute approximate surface area is 100 Å². The van der Waals surface area contributed by atoms with Gasteiger partial charge in [-0.05, 0) is 29.7 Å². The van der Waals surface area contributed by atoms with Gasteiger partial charge in [-0.1, -0.05) is 48.6 Å². The quantitative estimate of drug-likeness (QED) is 0.788. The highest BCUT2D eigenvalue weighted by atomic mass is 16.3. The Morgan fingerprint density at radius 3 is 2.35 bits per heavy atom. The van der Waals surface area contributed by atoms with Crippen LogP contribution in [0.5, 0.6) is 11.5 Å². The molecule has 86 valence electrons. The van der Waals surface area contributed by atoms with Crippen LogP contribution in [-0.2, 0) is 6.42 Å². The first-order valence-corrected chi connectivity index (χ1v) is 5.48. The summed E-state index contributed by atoms with van der Waals surface area (Å²) >= 11 is 0. The molecule has 0 bridgehead atoms. The molecule has 0 aliphatic carbocycles. The van der Waals surface area contributed by atoms with Gasteiger partial charge in [0.1, 0.15) is 0 Å². The fraction of sp³-hybridized carbons (Fsp3) is 0.0667. The molecule has 2 aromatic carbocycles. The highest BCUT2D eigenvalue weighted by Crippen LogP contribution is 2.25. The number of phenolic OH excluding ortho intramolecular Hbond substituents is 2. The van der Waals surface area contributed by atoms with Gasteiger partial charge in [-0.15, -0.1) is 0 Å². The Morgan fingerprint density at radius 2 is 1.65 bits per heavy atom. The van der Waals surface area contributed by atoms with Gasteiger partial charge in [-0.2, -0.15) is 0 Å². The second-order valence-corrected chi connectivity index (χ2v) is 3.84. The first kappa shape index (κ1) is 11.3. The van der Waals surface area contributed by atoms with E-state index in [-0.39, 0.29) is 11.5 Å². The summed E-state index contributed by atoms with van der Waals surface area (Å²) in [6.45, 7) is 0. The third-order valence-corrected chi connectivity index (χ3v) is 2.50. The lowest BCUT2D eigenvalue weighted by Crippen LogP contribution is -1.80. The standard InChI is InChI=1S/C15H14O2/c16-14-10-9-13(11-15(14)17)8-4-7-12-5-2-1-3-6-12/h1-7,9-11,16-17H,8H2. The van der Waals surface area contributed by atoms with Gasteiger partial charge in [0.2, 0.25) is 0 Å². The van der Waals surface area contributed by atoms with E-state index < -0.39 is 0 Å². The Hall–Kier alpha value is -2.22. The maximum Gasteiger partial charge on any atom is 0.157 e. The average molecular weight is 226 g/mol. The molecule has 0 amide bonds. The predicted octanol–water partition coefficient (Wildman–Crippen LogP) is 3.35. The molecule has 2 N–H and O–H groups in total. The molecule has 0 aromatic heterocycles. The second-order valence-electron chi connectivity index (χ2n) is 3.84. The van der Waals surface area contributed by atoms with Crippen molar-refractivity contribution < 1.29 is 10.2 Å². The van der Waals surface area contributed by atoms with E-state index in [1.807, 2.05) is 42.5 Å². The molecule has 0 saturated heterocycles. The Morgan fingerprint density at radius 1 is 0.882 bits per heavy atom. The van der Waals surface area contributed by atoms with Crippen LogP contribution in [0.15, 0.2) is 54.6 Å². The third-order valence-electron chi connectivity index (χ3n) is 2.50. The van der Waals surface area contributed by atoms with E-state index in [1.165, 1.54) is 6.07 Å². The topological polar surface area (TPSA) is 40.5 Å². The van der Waals surface area contributed by atoms with Crippen LogP contribution < -0.4 is 0 Å². The summed E-state index contributed by atoms with van der Waals surface area (Å²) in [6.07, 6.45) is 4.79. The molecule has 0 unspecified atom stereocenters. The maximum absolute atomic E-state index is 9.34. The fourth-order valence-corrected chi connectivity index (χ4v) is 1.59. The molecule has 0 aliphatic heterocycles. The van der Waals surface area contributed by atoms with Crippen molar-refractivity contribution in [2.75, 3.05) is 0 Å². The first-order chi connectivity index (χ1) is 8.25. The summed E-state index contributed by atoms with van der Waals surface area (Å²) in [4.78, 5) is 0. The summed E-state index contributed by atoms with van der Waals surface area (Å²) in [5, 5.41) is 18.5. The van der Waals surface area contributed by atoms with Crippen LogP contribution in [0.25, 0.3) is 6.08 Å². The second kappa shape index (κ2) is 5.21. The largest absolute Gasteiger partial charge is 0.504 e. The van der Waals surface area contributed by atoms with Crippen molar-refractivity contribution in [2.45, 2.75) is 6.42 Å². The van der Waals surface area contributed by atoms with Crippen LogP contribution in [0.4, 0.5) is 0 Å². The lowest BCUT2D eigenvalue weighted by Gasteiger charge is -2.00. The first-order valence-electron chi connectivity index (χ1n) is 5.48. The molecule has 0 aliphatic rings. The molecular formula is C15H14O2. The molecule has 0 atom stereocenters. The van der Waals surface area contributed by atoms with Crippen LogP contribution in [0.1, 0.15) is 11.1 Å². The molecule has 2 aromatic rings. The number of hydrogen-bond donors (Lipinski definition) is 2. The average Bonchev–Trinajstić information content (AvgIpc) is 2.35. The normalized spacial score (nSPS) is 10.8. The molecule has 0 spiro atoms. The van der Waals surface area contributed by atoms with E-state index >= 15 is 0 Å². The van der Waals surface area contributed by atoms with Gasteiger partial charge in [-0.3, -0.25) is 0 Å². The Kier molecular flexibility index (Phi) is 3.46. The number of aromatic hydroxyl groups is 2. The minimum atomic E-state index is -0.0826. The van der Waals surface area contributed by atoms with E-state index in [9.17, 15) is 10.2 Å². The minimum absolute atomic E-state index is 0.0735. The van der Waals surface area contributed by atoms with Gasteiger partial charge in [0, 0.05) is 0 Å². The van der Waals surface area contributed by atoms with Gasteiger partial charge in [0.05, 0.1) is 0 Å². The number of allylic oxidation sites excluding steroid dienone is 1. The molecular weight excluding hydrogens is 212 g/mol. The lowest BCUT2D eigenvalue weighted by molar-refractivity contribution is 0.403. The predicted molar refractivity (Wildman–Crippen MR) is 69.0 cm³/mol. The number of hydrogen-bond acceptors (Lipinski definition) is 2. The molecule has 2 rings (SSSR count). The lowest BCUT2D eigenvalue weighted by atomic mass is 10.1. The number of phenols is 2. The van der Waals surface area contributed by atoms with E-state index in [4.69, 9.17) is 0 Å². The van der Waals surface area contributed by atoms with Gasteiger partial charge < -0.3 is 10.2 Å². The Bertz CT molecular complexity index is 516. The molecule has 0 heterocycles. The van der Waals surface area contributed by atoms with E-state index in [2.05, 4.69) is 0 Å². The van der Waals surface area contributed by atoms with Gasteiger partial charge >= 0.3 is 0 Å². The van der Waals surface area contributed by atoms with Crippen molar-refractivity contribution >= 4 is 6.08 Å². The number of benzene rings is 2. The van der Waals surface area contributed by atoms with Crippen LogP contribution in [0.3, 0.4) is 0 Å². The summed E-state index contributed by atoms with van der Waals surface area (Å²) in [5.41, 5.74) is 2.11. The molecule has 2 heteroatoms. The van der Waals surface area contributed by atoms with Gasteiger partial charge in [-0.25, -0.2) is 0 Å². The summed E-state index contributed by atoms with van der Waals surface area (Å²) in [7, 11) is 0. The Balaban J connectivity index is 2.03. The highest BCUT2D eigenvalue weighted by Gasteiger charge is 1.98.